The lowest BCUT2D eigenvalue weighted by molar-refractivity contribution is 0.220. The molecule has 0 radical (unpaired) electrons. The van der Waals surface area contributed by atoms with Crippen molar-refractivity contribution in [3.8, 4) is 5.75 Å². The highest BCUT2D eigenvalue weighted by atomic mass is 32.2. The lowest BCUT2D eigenvalue weighted by Gasteiger charge is -2.07. The van der Waals surface area contributed by atoms with Gasteiger partial charge in [-0.05, 0) is 24.1 Å². The zero-order chi connectivity index (χ0) is 11.5. The van der Waals surface area contributed by atoms with E-state index in [0.717, 1.165) is 12.0 Å². The molecule has 0 unspecified atom stereocenters. The van der Waals surface area contributed by atoms with E-state index in [-0.39, 0.29) is 5.75 Å². The summed E-state index contributed by atoms with van der Waals surface area (Å²) in [7, 11) is -5.03. The molecule has 15 heavy (non-hydrogen) atoms. The van der Waals surface area contributed by atoms with Crippen LogP contribution in [0.15, 0.2) is 24.3 Å². The highest BCUT2D eigenvalue weighted by Crippen LogP contribution is 2.13. The molecule has 0 bridgehead atoms. The van der Waals surface area contributed by atoms with Crippen LogP contribution in [0, 0.1) is 0 Å². The Morgan fingerprint density at radius 2 is 1.87 bits per heavy atom. The van der Waals surface area contributed by atoms with E-state index in [4.69, 9.17) is 0 Å². The Bertz CT molecular complexity index is 446. The largest absolute Gasteiger partial charge is 0.739 e. The molecule has 5 nitrogen and oxygen atoms in total. The summed E-state index contributed by atoms with van der Waals surface area (Å²) in [6.45, 7) is 1.95. The smallest absolute Gasteiger partial charge is 0.418 e. The Morgan fingerprint density at radius 3 is 2.27 bits per heavy atom. The first-order valence-corrected chi connectivity index (χ1v) is 5.61. The molecule has 0 amide bonds. The van der Waals surface area contributed by atoms with Gasteiger partial charge >= 0.3 is 5.30 Å². The number of hydrogen-bond acceptors (Lipinski definition) is 5. The van der Waals surface area contributed by atoms with E-state index in [2.05, 4.69) is 4.74 Å². The van der Waals surface area contributed by atoms with Crippen LogP contribution in [0.1, 0.15) is 12.5 Å². The highest BCUT2D eigenvalue weighted by molar-refractivity contribution is 8.00. The minimum atomic E-state index is -5.03. The van der Waals surface area contributed by atoms with Crippen LogP contribution >= 0.6 is 0 Å². The maximum absolute atomic E-state index is 10.7. The first-order valence-electron chi connectivity index (χ1n) is 4.20. The number of hydrogen-bond donors (Lipinski definition) is 0. The monoisotopic (exact) mass is 229 g/mol. The molecule has 0 saturated heterocycles. The van der Waals surface area contributed by atoms with Gasteiger partial charge in [-0.1, -0.05) is 19.1 Å². The number of ether oxygens (including phenoxy) is 1. The van der Waals surface area contributed by atoms with Crippen molar-refractivity contribution >= 4 is 15.4 Å². The lowest BCUT2D eigenvalue weighted by Crippen LogP contribution is -2.18. The van der Waals surface area contributed by atoms with Crippen molar-refractivity contribution in [2.75, 3.05) is 0 Å². The van der Waals surface area contributed by atoms with Crippen molar-refractivity contribution in [1.82, 2.24) is 0 Å². The van der Waals surface area contributed by atoms with Crippen LogP contribution in [-0.2, 0) is 16.5 Å². The summed E-state index contributed by atoms with van der Waals surface area (Å²) in [6.07, 6.45) is 0.814. The fourth-order valence-electron chi connectivity index (χ4n) is 0.940. The first kappa shape index (κ1) is 11.7. The zero-order valence-corrected chi connectivity index (χ0v) is 8.78. The second-order valence-electron chi connectivity index (χ2n) is 2.80. The van der Waals surface area contributed by atoms with Crippen LogP contribution < -0.4 is 4.74 Å². The SMILES string of the molecule is CCc1ccc(OC(=O)S(=O)(=O)[O-])cc1. The highest BCUT2D eigenvalue weighted by Gasteiger charge is 2.12. The Hall–Kier alpha value is -1.40. The van der Waals surface area contributed by atoms with Crippen molar-refractivity contribution < 1.29 is 22.5 Å². The molecule has 0 aliphatic rings. The van der Waals surface area contributed by atoms with E-state index in [1.165, 1.54) is 12.1 Å². The standard InChI is InChI=1S/C9H10O5S/c1-2-7-3-5-8(6-4-7)14-9(10)15(11,12)13/h3-6H,2H2,1H3,(H,11,12,13)/p-1. The van der Waals surface area contributed by atoms with Gasteiger partial charge in [0.05, 0.1) is 0 Å². The van der Waals surface area contributed by atoms with E-state index in [9.17, 15) is 17.8 Å². The minimum Gasteiger partial charge on any atom is -0.739 e. The van der Waals surface area contributed by atoms with E-state index >= 15 is 0 Å². The summed E-state index contributed by atoms with van der Waals surface area (Å²) in [5.41, 5.74) is 1.01. The molecule has 0 aliphatic carbocycles. The molecule has 0 atom stereocenters. The third-order valence-corrected chi connectivity index (χ3v) is 2.23. The summed E-state index contributed by atoms with van der Waals surface area (Å²) in [6, 6.07) is 6.23. The van der Waals surface area contributed by atoms with Gasteiger partial charge in [0, 0.05) is 0 Å². The predicted octanol–water partition coefficient (Wildman–Crippen LogP) is 1.29. The van der Waals surface area contributed by atoms with E-state index in [1.807, 2.05) is 6.92 Å². The summed E-state index contributed by atoms with van der Waals surface area (Å²) in [4.78, 5) is 10.7. The third-order valence-electron chi connectivity index (χ3n) is 1.74. The summed E-state index contributed by atoms with van der Waals surface area (Å²) in [5, 5.41) is -1.79. The fraction of sp³-hybridized carbons (Fsp3) is 0.222. The molecular weight excluding hydrogens is 220 g/mol. The van der Waals surface area contributed by atoms with Gasteiger partial charge in [-0.15, -0.1) is 0 Å². The van der Waals surface area contributed by atoms with Gasteiger partial charge in [0.25, 0.3) is 0 Å². The van der Waals surface area contributed by atoms with Gasteiger partial charge < -0.3 is 9.29 Å². The predicted molar refractivity (Wildman–Crippen MR) is 51.5 cm³/mol. The van der Waals surface area contributed by atoms with E-state index in [0.29, 0.717) is 0 Å². The minimum absolute atomic E-state index is 0.0385. The first-order chi connectivity index (χ1) is 6.93. The Kier molecular flexibility index (Phi) is 3.43. The molecule has 0 aromatic heterocycles. The lowest BCUT2D eigenvalue weighted by atomic mass is 10.2. The van der Waals surface area contributed by atoms with Crippen molar-refractivity contribution in [2.45, 2.75) is 13.3 Å². The van der Waals surface area contributed by atoms with Crippen molar-refractivity contribution in [1.29, 1.82) is 0 Å². The number of carbonyl (C=O) groups is 1. The van der Waals surface area contributed by atoms with Gasteiger partial charge in [-0.2, -0.15) is 0 Å². The van der Waals surface area contributed by atoms with Crippen LogP contribution in [0.5, 0.6) is 5.75 Å². The quantitative estimate of drug-likeness (QED) is 0.563. The van der Waals surface area contributed by atoms with E-state index < -0.39 is 15.4 Å². The normalized spacial score (nSPS) is 11.1. The summed E-state index contributed by atoms with van der Waals surface area (Å²) in [5.74, 6) is 0.0385. The van der Waals surface area contributed by atoms with E-state index in [1.54, 1.807) is 12.1 Å². The number of carbonyl (C=O) groups excluding carboxylic acids is 1. The zero-order valence-electron chi connectivity index (χ0n) is 7.97. The van der Waals surface area contributed by atoms with Crippen LogP contribution in [0.4, 0.5) is 4.79 Å². The molecule has 0 heterocycles. The fourth-order valence-corrected chi connectivity index (χ4v) is 1.14. The molecule has 0 saturated carbocycles. The molecule has 1 rings (SSSR count). The second-order valence-corrected chi connectivity index (χ2v) is 4.05. The average molecular weight is 229 g/mol. The molecule has 0 spiro atoms. The van der Waals surface area contributed by atoms with Gasteiger partial charge in [-0.25, -0.2) is 13.2 Å². The van der Waals surface area contributed by atoms with Crippen LogP contribution in [-0.4, -0.2) is 18.3 Å². The van der Waals surface area contributed by atoms with Gasteiger partial charge in [-0.3, -0.25) is 0 Å². The van der Waals surface area contributed by atoms with Gasteiger partial charge in [0.2, 0.25) is 0 Å². The number of rotatable bonds is 2. The summed E-state index contributed by atoms with van der Waals surface area (Å²) < 4.78 is 35.0. The van der Waals surface area contributed by atoms with Gasteiger partial charge in [0.15, 0.2) is 10.1 Å². The molecule has 6 heteroatoms. The van der Waals surface area contributed by atoms with Crippen LogP contribution in [0.25, 0.3) is 0 Å². The number of benzene rings is 1. The Morgan fingerprint density at radius 1 is 1.33 bits per heavy atom. The molecule has 82 valence electrons. The van der Waals surface area contributed by atoms with Gasteiger partial charge in [0.1, 0.15) is 5.75 Å². The second kappa shape index (κ2) is 4.41. The summed E-state index contributed by atoms with van der Waals surface area (Å²) >= 11 is 0. The molecule has 0 fully saturated rings. The average Bonchev–Trinajstić information content (AvgIpc) is 2.17. The van der Waals surface area contributed by atoms with Crippen molar-refractivity contribution in [2.24, 2.45) is 0 Å². The Balaban J connectivity index is 2.78. The van der Waals surface area contributed by atoms with Crippen LogP contribution in [0.3, 0.4) is 0 Å². The molecular formula is C9H9O5S-. The maximum atomic E-state index is 10.7. The molecule has 1 aromatic carbocycles. The molecule has 0 N–H and O–H groups in total. The molecule has 1 aromatic rings. The molecule has 0 aliphatic heterocycles. The Labute approximate surface area is 87.4 Å². The van der Waals surface area contributed by atoms with Crippen molar-refractivity contribution in [3.63, 3.8) is 0 Å². The van der Waals surface area contributed by atoms with Crippen LogP contribution in [0.2, 0.25) is 0 Å². The van der Waals surface area contributed by atoms with Crippen molar-refractivity contribution in [3.05, 3.63) is 29.8 Å². The third kappa shape index (κ3) is 3.34. The number of aryl methyl sites for hydroxylation is 1. The maximum Gasteiger partial charge on any atom is 0.418 e. The topological polar surface area (TPSA) is 83.5 Å².